The molecular formula is C16H22BrClN2O2. The number of aliphatic hydroxyl groups is 1. The van der Waals surface area contributed by atoms with Crippen LogP contribution in [0.5, 0.6) is 0 Å². The van der Waals surface area contributed by atoms with Crippen LogP contribution in [-0.4, -0.2) is 34.1 Å². The van der Waals surface area contributed by atoms with Gasteiger partial charge in [-0.2, -0.15) is 0 Å². The molecule has 2 saturated heterocycles. The molecule has 0 spiro atoms. The van der Waals surface area contributed by atoms with Crippen molar-refractivity contribution in [1.29, 1.82) is 0 Å². The molecule has 2 bridgehead atoms. The number of piperidine rings is 1. The van der Waals surface area contributed by atoms with Crippen molar-refractivity contribution in [2.75, 3.05) is 0 Å². The number of benzene rings is 1. The fraction of sp³-hybridized carbons (Fsp3) is 0.562. The zero-order valence-electron chi connectivity index (χ0n) is 12.5. The summed E-state index contributed by atoms with van der Waals surface area (Å²) in [7, 11) is 0. The third-order valence-electron chi connectivity index (χ3n) is 4.83. The standard InChI is InChI=1S/C16H21BrN2O2.ClH/c1-16(18,10-2-4-11(17)5-3-10)15(21)19-12-6-7-13(19)9-14(20)8-12;/h2-5,12-14,20H,6-9,18H2,1H3;1H. The number of carbonyl (C=O) groups is 1. The zero-order chi connectivity index (χ0) is 15.2. The first kappa shape index (κ1) is 17.7. The van der Waals surface area contributed by atoms with Gasteiger partial charge in [0.25, 0.3) is 0 Å². The van der Waals surface area contributed by atoms with E-state index in [0.29, 0.717) is 12.8 Å². The first-order valence-corrected chi connectivity index (χ1v) is 8.24. The molecular weight excluding hydrogens is 368 g/mol. The van der Waals surface area contributed by atoms with Gasteiger partial charge in [-0.1, -0.05) is 28.1 Å². The number of aliphatic hydroxyl groups excluding tert-OH is 1. The van der Waals surface area contributed by atoms with Gasteiger partial charge < -0.3 is 15.7 Å². The van der Waals surface area contributed by atoms with Crippen molar-refractivity contribution in [1.82, 2.24) is 4.90 Å². The van der Waals surface area contributed by atoms with Gasteiger partial charge in [0, 0.05) is 16.6 Å². The highest BCUT2D eigenvalue weighted by Crippen LogP contribution is 2.38. The molecule has 2 heterocycles. The van der Waals surface area contributed by atoms with Crippen LogP contribution in [0.25, 0.3) is 0 Å². The van der Waals surface area contributed by atoms with Crippen molar-refractivity contribution in [3.63, 3.8) is 0 Å². The monoisotopic (exact) mass is 388 g/mol. The lowest BCUT2D eigenvalue weighted by Crippen LogP contribution is -2.57. The second-order valence-corrected chi connectivity index (χ2v) is 7.35. The molecule has 3 unspecified atom stereocenters. The highest BCUT2D eigenvalue weighted by atomic mass is 79.9. The van der Waals surface area contributed by atoms with E-state index in [1.54, 1.807) is 6.92 Å². The summed E-state index contributed by atoms with van der Waals surface area (Å²) in [6.07, 6.45) is 3.04. The molecule has 3 rings (SSSR count). The third-order valence-corrected chi connectivity index (χ3v) is 5.36. The number of carbonyl (C=O) groups excluding carboxylic acids is 1. The first-order chi connectivity index (χ1) is 9.89. The summed E-state index contributed by atoms with van der Waals surface area (Å²) in [6.45, 7) is 1.78. The minimum atomic E-state index is -1.02. The van der Waals surface area contributed by atoms with Crippen LogP contribution in [0.3, 0.4) is 0 Å². The summed E-state index contributed by atoms with van der Waals surface area (Å²) in [5.41, 5.74) is 6.18. The topological polar surface area (TPSA) is 66.6 Å². The predicted molar refractivity (Wildman–Crippen MR) is 91.8 cm³/mol. The molecule has 122 valence electrons. The first-order valence-electron chi connectivity index (χ1n) is 7.45. The van der Waals surface area contributed by atoms with E-state index in [1.165, 1.54) is 0 Å². The lowest BCUT2D eigenvalue weighted by molar-refractivity contribution is -0.143. The second-order valence-electron chi connectivity index (χ2n) is 6.43. The molecule has 3 N–H and O–H groups in total. The van der Waals surface area contributed by atoms with E-state index in [0.717, 1.165) is 22.9 Å². The van der Waals surface area contributed by atoms with E-state index in [1.807, 2.05) is 29.2 Å². The van der Waals surface area contributed by atoms with Crippen LogP contribution in [0.15, 0.2) is 28.7 Å². The second kappa shape index (κ2) is 6.48. The van der Waals surface area contributed by atoms with Crippen LogP contribution < -0.4 is 5.73 Å². The maximum absolute atomic E-state index is 13.0. The van der Waals surface area contributed by atoms with Gasteiger partial charge >= 0.3 is 0 Å². The van der Waals surface area contributed by atoms with Crippen molar-refractivity contribution in [3.05, 3.63) is 34.3 Å². The molecule has 4 nitrogen and oxygen atoms in total. The van der Waals surface area contributed by atoms with Gasteiger partial charge in [-0.15, -0.1) is 12.4 Å². The summed E-state index contributed by atoms with van der Waals surface area (Å²) in [5, 5.41) is 9.87. The number of nitrogens with zero attached hydrogens (tertiary/aromatic N) is 1. The molecule has 1 aromatic carbocycles. The molecule has 6 heteroatoms. The van der Waals surface area contributed by atoms with Gasteiger partial charge in [0.05, 0.1) is 6.10 Å². The van der Waals surface area contributed by atoms with Crippen LogP contribution in [0.4, 0.5) is 0 Å². The number of rotatable bonds is 2. The Hall–Kier alpha value is -0.620. The summed E-state index contributed by atoms with van der Waals surface area (Å²) in [5.74, 6) is -0.0239. The van der Waals surface area contributed by atoms with Gasteiger partial charge in [-0.25, -0.2) is 0 Å². The Balaban J connectivity index is 0.00000176. The predicted octanol–water partition coefficient (Wildman–Crippen LogP) is 2.56. The molecule has 2 fully saturated rings. The fourth-order valence-corrected chi connectivity index (χ4v) is 3.93. The van der Waals surface area contributed by atoms with E-state index >= 15 is 0 Å². The SMILES string of the molecule is CC(N)(C(=O)N1C2CCC1CC(O)C2)c1ccc(Br)cc1.Cl. The molecule has 2 aliphatic rings. The number of nitrogens with two attached hydrogens (primary N) is 1. The van der Waals surface area contributed by atoms with Crippen molar-refractivity contribution in [3.8, 4) is 0 Å². The average Bonchev–Trinajstić information content (AvgIpc) is 2.70. The summed E-state index contributed by atoms with van der Waals surface area (Å²) in [4.78, 5) is 14.9. The van der Waals surface area contributed by atoms with E-state index in [-0.39, 0.29) is 36.5 Å². The Kier molecular flexibility index (Phi) is 5.22. The summed E-state index contributed by atoms with van der Waals surface area (Å²) < 4.78 is 0.968. The third kappa shape index (κ3) is 3.04. The quantitative estimate of drug-likeness (QED) is 0.817. The Labute approximate surface area is 145 Å². The lowest BCUT2D eigenvalue weighted by Gasteiger charge is -2.41. The van der Waals surface area contributed by atoms with Gasteiger partial charge in [-0.3, -0.25) is 4.79 Å². The van der Waals surface area contributed by atoms with Gasteiger partial charge in [-0.05, 0) is 50.3 Å². The Morgan fingerprint density at radius 3 is 2.27 bits per heavy atom. The highest BCUT2D eigenvalue weighted by molar-refractivity contribution is 9.10. The molecule has 0 aliphatic carbocycles. The van der Waals surface area contributed by atoms with E-state index in [2.05, 4.69) is 15.9 Å². The number of amides is 1. The molecule has 1 aromatic rings. The van der Waals surface area contributed by atoms with Crippen molar-refractivity contribution in [2.24, 2.45) is 5.73 Å². The van der Waals surface area contributed by atoms with E-state index in [9.17, 15) is 9.90 Å². The number of hydrogen-bond acceptors (Lipinski definition) is 3. The number of halogens is 2. The maximum atomic E-state index is 13.0. The van der Waals surface area contributed by atoms with Gasteiger partial charge in [0.2, 0.25) is 5.91 Å². The van der Waals surface area contributed by atoms with Crippen molar-refractivity contribution < 1.29 is 9.90 Å². The summed E-state index contributed by atoms with van der Waals surface area (Å²) in [6, 6.07) is 7.88. The summed E-state index contributed by atoms with van der Waals surface area (Å²) >= 11 is 3.40. The van der Waals surface area contributed by atoms with Crippen LogP contribution in [0.2, 0.25) is 0 Å². The van der Waals surface area contributed by atoms with E-state index in [4.69, 9.17) is 5.73 Å². The molecule has 0 saturated carbocycles. The van der Waals surface area contributed by atoms with Crippen LogP contribution in [0.1, 0.15) is 38.2 Å². The van der Waals surface area contributed by atoms with Gasteiger partial charge in [0.15, 0.2) is 0 Å². The lowest BCUT2D eigenvalue weighted by atomic mass is 9.89. The van der Waals surface area contributed by atoms with Crippen LogP contribution >= 0.6 is 28.3 Å². The van der Waals surface area contributed by atoms with Crippen molar-refractivity contribution in [2.45, 2.75) is 56.3 Å². The van der Waals surface area contributed by atoms with E-state index < -0.39 is 5.54 Å². The molecule has 0 radical (unpaired) electrons. The van der Waals surface area contributed by atoms with Crippen LogP contribution in [0, 0.1) is 0 Å². The molecule has 2 aliphatic heterocycles. The van der Waals surface area contributed by atoms with Crippen LogP contribution in [-0.2, 0) is 10.3 Å². The average molecular weight is 390 g/mol. The largest absolute Gasteiger partial charge is 0.393 e. The maximum Gasteiger partial charge on any atom is 0.247 e. The molecule has 3 atom stereocenters. The van der Waals surface area contributed by atoms with Crippen molar-refractivity contribution >= 4 is 34.2 Å². The Morgan fingerprint density at radius 2 is 1.77 bits per heavy atom. The minimum Gasteiger partial charge on any atom is -0.393 e. The van der Waals surface area contributed by atoms with Gasteiger partial charge in [0.1, 0.15) is 5.54 Å². The minimum absolute atomic E-state index is 0. The Morgan fingerprint density at radius 1 is 1.27 bits per heavy atom. The fourth-order valence-electron chi connectivity index (χ4n) is 3.67. The zero-order valence-corrected chi connectivity index (χ0v) is 14.9. The smallest absolute Gasteiger partial charge is 0.247 e. The molecule has 22 heavy (non-hydrogen) atoms. The Bertz CT molecular complexity index is 536. The normalized spacial score (nSPS) is 29.6. The number of hydrogen-bond donors (Lipinski definition) is 2. The molecule has 1 amide bonds. The molecule has 0 aromatic heterocycles. The number of fused-ring (bicyclic) bond motifs is 2. The highest BCUT2D eigenvalue weighted by Gasteiger charge is 2.47.